The Hall–Kier alpha value is -3.54. The first-order valence-electron chi connectivity index (χ1n) is 9.10. The van der Waals surface area contributed by atoms with Gasteiger partial charge in [0.1, 0.15) is 5.41 Å². The van der Waals surface area contributed by atoms with Gasteiger partial charge in [-0.3, -0.25) is 20.4 Å². The van der Waals surface area contributed by atoms with Gasteiger partial charge in [0.2, 0.25) is 0 Å². The minimum Gasteiger partial charge on any atom is -0.355 e. The van der Waals surface area contributed by atoms with Crippen molar-refractivity contribution in [2.24, 2.45) is 5.41 Å². The van der Waals surface area contributed by atoms with E-state index in [0.717, 1.165) is 12.1 Å². The van der Waals surface area contributed by atoms with Crippen LogP contribution in [0.5, 0.6) is 0 Å². The van der Waals surface area contributed by atoms with E-state index in [4.69, 9.17) is 5.26 Å². The summed E-state index contributed by atoms with van der Waals surface area (Å²) in [5, 5.41) is 11.8. The van der Waals surface area contributed by atoms with E-state index in [1.165, 1.54) is 32.0 Å². The first-order chi connectivity index (χ1) is 14.0. The molecule has 0 aliphatic heterocycles. The van der Waals surface area contributed by atoms with Crippen LogP contribution >= 0.6 is 0 Å². The van der Waals surface area contributed by atoms with E-state index in [2.05, 4.69) is 16.2 Å². The van der Waals surface area contributed by atoms with Gasteiger partial charge < -0.3 is 5.32 Å². The Bertz CT molecular complexity index is 917. The number of alkyl halides is 3. The maximum absolute atomic E-state index is 12.6. The molecule has 0 unspecified atom stereocenters. The summed E-state index contributed by atoms with van der Waals surface area (Å²) in [6.45, 7) is 6.79. The number of rotatable bonds is 4. The molecular formula is C21H23F3N4O2. The number of hydrazine groups is 1. The van der Waals surface area contributed by atoms with Gasteiger partial charge in [-0.1, -0.05) is 26.0 Å². The molecule has 30 heavy (non-hydrogen) atoms. The number of para-hydroxylation sites is 1. The lowest BCUT2D eigenvalue weighted by atomic mass is 9.95. The van der Waals surface area contributed by atoms with Gasteiger partial charge in [-0.05, 0) is 50.2 Å². The number of carbonyl (C=O) groups is 2. The SMILES string of the molecule is CC.CC(C)(C#N)C(=O)NNC(=O)c1ccccc1Nc1ccc(C(F)(F)F)cc1. The second kappa shape index (κ2) is 10.3. The van der Waals surface area contributed by atoms with E-state index < -0.39 is 29.0 Å². The second-order valence-electron chi connectivity index (χ2n) is 6.39. The van der Waals surface area contributed by atoms with E-state index in [9.17, 15) is 22.8 Å². The number of nitrogens with zero attached hydrogens (tertiary/aromatic N) is 1. The molecule has 0 saturated carbocycles. The molecule has 0 aliphatic rings. The van der Waals surface area contributed by atoms with E-state index in [-0.39, 0.29) is 5.56 Å². The zero-order valence-corrected chi connectivity index (χ0v) is 17.0. The summed E-state index contributed by atoms with van der Waals surface area (Å²) in [5.41, 5.74) is 3.10. The van der Waals surface area contributed by atoms with Crippen LogP contribution in [-0.4, -0.2) is 11.8 Å². The van der Waals surface area contributed by atoms with Crippen LogP contribution in [0.15, 0.2) is 48.5 Å². The molecule has 160 valence electrons. The molecule has 0 radical (unpaired) electrons. The Labute approximate surface area is 173 Å². The Kier molecular flexibility index (Phi) is 8.41. The zero-order valence-electron chi connectivity index (χ0n) is 17.0. The lowest BCUT2D eigenvalue weighted by molar-refractivity contribution is -0.137. The largest absolute Gasteiger partial charge is 0.416 e. The van der Waals surface area contributed by atoms with Crippen LogP contribution in [0.4, 0.5) is 24.5 Å². The molecule has 0 fully saturated rings. The smallest absolute Gasteiger partial charge is 0.355 e. The summed E-state index contributed by atoms with van der Waals surface area (Å²) < 4.78 is 37.9. The van der Waals surface area contributed by atoms with Crippen molar-refractivity contribution in [2.45, 2.75) is 33.9 Å². The quantitative estimate of drug-likeness (QED) is 0.620. The predicted octanol–water partition coefficient (Wildman–Crippen LogP) is 4.79. The maximum Gasteiger partial charge on any atom is 0.416 e. The molecular weight excluding hydrogens is 397 g/mol. The van der Waals surface area contributed by atoms with Gasteiger partial charge in [-0.2, -0.15) is 18.4 Å². The number of halogens is 3. The van der Waals surface area contributed by atoms with Crippen molar-refractivity contribution in [1.82, 2.24) is 10.9 Å². The van der Waals surface area contributed by atoms with E-state index in [0.29, 0.717) is 11.4 Å². The van der Waals surface area contributed by atoms with Crippen LogP contribution in [0.3, 0.4) is 0 Å². The molecule has 2 aromatic carbocycles. The first-order valence-corrected chi connectivity index (χ1v) is 9.10. The highest BCUT2D eigenvalue weighted by Gasteiger charge is 2.30. The van der Waals surface area contributed by atoms with Gasteiger partial charge in [0, 0.05) is 5.69 Å². The average Bonchev–Trinajstić information content (AvgIpc) is 2.73. The third-order valence-electron chi connectivity index (χ3n) is 3.80. The number of hydrogen-bond donors (Lipinski definition) is 3. The fourth-order valence-corrected chi connectivity index (χ4v) is 2.08. The van der Waals surface area contributed by atoms with Gasteiger partial charge >= 0.3 is 6.18 Å². The lowest BCUT2D eigenvalue weighted by Gasteiger charge is -2.17. The van der Waals surface area contributed by atoms with Crippen molar-refractivity contribution < 1.29 is 22.8 Å². The van der Waals surface area contributed by atoms with Gasteiger partial charge in [0.15, 0.2) is 0 Å². The number of hydrogen-bond acceptors (Lipinski definition) is 4. The Morgan fingerprint density at radius 1 is 0.933 bits per heavy atom. The molecule has 0 spiro atoms. The maximum atomic E-state index is 12.6. The number of nitrogens with one attached hydrogen (secondary N) is 3. The van der Waals surface area contributed by atoms with Gasteiger partial charge in [-0.15, -0.1) is 0 Å². The Morgan fingerprint density at radius 3 is 2.03 bits per heavy atom. The Morgan fingerprint density at radius 2 is 1.50 bits per heavy atom. The van der Waals surface area contributed by atoms with Crippen LogP contribution in [0.1, 0.15) is 43.6 Å². The van der Waals surface area contributed by atoms with E-state index in [1.807, 2.05) is 19.9 Å². The summed E-state index contributed by atoms with van der Waals surface area (Å²) in [5.74, 6) is -1.34. The number of nitriles is 1. The van der Waals surface area contributed by atoms with Gasteiger partial charge in [0.25, 0.3) is 11.8 Å². The van der Waals surface area contributed by atoms with Gasteiger partial charge in [0.05, 0.1) is 22.9 Å². The van der Waals surface area contributed by atoms with Crippen LogP contribution in [-0.2, 0) is 11.0 Å². The van der Waals surface area contributed by atoms with Crippen molar-refractivity contribution in [3.8, 4) is 6.07 Å². The molecule has 2 aromatic rings. The van der Waals surface area contributed by atoms with Crippen molar-refractivity contribution in [3.63, 3.8) is 0 Å². The monoisotopic (exact) mass is 420 g/mol. The molecule has 3 N–H and O–H groups in total. The molecule has 6 nitrogen and oxygen atoms in total. The number of benzene rings is 2. The standard InChI is InChI=1S/C19H17F3N4O2.C2H6/c1-18(2,11-23)17(28)26-25-16(27)14-5-3-4-6-15(14)24-13-9-7-12(8-10-13)19(20,21)22;1-2/h3-10,24H,1-2H3,(H,25,27)(H,26,28);1-2H3. The highest BCUT2D eigenvalue weighted by atomic mass is 19.4. The fourth-order valence-electron chi connectivity index (χ4n) is 2.08. The van der Waals surface area contributed by atoms with Gasteiger partial charge in [-0.25, -0.2) is 0 Å². The van der Waals surface area contributed by atoms with Crippen molar-refractivity contribution in [3.05, 3.63) is 59.7 Å². The topological polar surface area (TPSA) is 94.0 Å². The van der Waals surface area contributed by atoms with E-state index in [1.54, 1.807) is 18.2 Å². The summed E-state index contributed by atoms with van der Waals surface area (Å²) >= 11 is 0. The van der Waals surface area contributed by atoms with Crippen LogP contribution in [0.2, 0.25) is 0 Å². The van der Waals surface area contributed by atoms with Crippen LogP contribution in [0, 0.1) is 16.7 Å². The molecule has 0 atom stereocenters. The molecule has 0 aliphatic carbocycles. The number of anilines is 2. The highest BCUT2D eigenvalue weighted by molar-refractivity contribution is 6.01. The van der Waals surface area contributed by atoms with Crippen LogP contribution in [0.25, 0.3) is 0 Å². The highest BCUT2D eigenvalue weighted by Crippen LogP contribution is 2.30. The summed E-state index contributed by atoms with van der Waals surface area (Å²) in [6.07, 6.45) is -4.44. The summed E-state index contributed by atoms with van der Waals surface area (Å²) in [4.78, 5) is 24.2. The molecule has 0 heterocycles. The molecule has 0 bridgehead atoms. The number of carbonyl (C=O) groups excluding carboxylic acids is 2. The third kappa shape index (κ3) is 6.51. The number of amides is 2. The van der Waals surface area contributed by atoms with Crippen LogP contribution < -0.4 is 16.2 Å². The molecule has 2 rings (SSSR count). The average molecular weight is 420 g/mol. The summed E-state index contributed by atoms with van der Waals surface area (Å²) in [6, 6.07) is 12.4. The zero-order chi connectivity index (χ0) is 22.9. The van der Waals surface area contributed by atoms with Crippen molar-refractivity contribution in [1.29, 1.82) is 5.26 Å². The minimum absolute atomic E-state index is 0.150. The summed E-state index contributed by atoms with van der Waals surface area (Å²) in [7, 11) is 0. The first kappa shape index (κ1) is 24.5. The molecule has 2 amide bonds. The molecule has 9 heteroatoms. The van der Waals surface area contributed by atoms with Crippen molar-refractivity contribution >= 4 is 23.2 Å². The third-order valence-corrected chi connectivity index (χ3v) is 3.80. The Balaban J connectivity index is 0.00000218. The lowest BCUT2D eigenvalue weighted by Crippen LogP contribution is -2.47. The van der Waals surface area contributed by atoms with Crippen molar-refractivity contribution in [2.75, 3.05) is 5.32 Å². The molecule has 0 aromatic heterocycles. The van der Waals surface area contributed by atoms with E-state index >= 15 is 0 Å². The molecule has 0 saturated heterocycles. The predicted molar refractivity (Wildman–Crippen MR) is 108 cm³/mol. The minimum atomic E-state index is -4.44. The fraction of sp³-hybridized carbons (Fsp3) is 0.286. The normalized spacial score (nSPS) is 10.7. The second-order valence-corrected chi connectivity index (χ2v) is 6.39.